The van der Waals surface area contributed by atoms with Gasteiger partial charge in [0.25, 0.3) is 0 Å². The Morgan fingerprint density at radius 3 is 2.11 bits per heavy atom. The van der Waals surface area contributed by atoms with Gasteiger partial charge >= 0.3 is 6.09 Å². The summed E-state index contributed by atoms with van der Waals surface area (Å²) >= 11 is 1.73. The molecule has 1 aliphatic rings. The zero-order chi connectivity index (χ0) is 31.7. The average molecular weight is 634 g/mol. The highest BCUT2D eigenvalue weighted by molar-refractivity contribution is 7.99. The summed E-state index contributed by atoms with van der Waals surface area (Å²) in [6, 6.07) is 24.4. The predicted octanol–water partition coefficient (Wildman–Crippen LogP) is 10.8. The van der Waals surface area contributed by atoms with Crippen molar-refractivity contribution in [3.8, 4) is 0 Å². The molecule has 1 saturated heterocycles. The van der Waals surface area contributed by atoms with Gasteiger partial charge in [-0.2, -0.15) is 0 Å². The van der Waals surface area contributed by atoms with Gasteiger partial charge in [0.05, 0.1) is 12.1 Å². The van der Waals surface area contributed by atoms with Crippen molar-refractivity contribution in [3.05, 3.63) is 78.4 Å². The van der Waals surface area contributed by atoms with Crippen LogP contribution in [0.4, 0.5) is 4.79 Å². The topological polar surface area (TPSA) is 56.8 Å². The number of alkyl carbamates (subject to hydrolysis) is 1. The molecule has 0 bridgehead atoms. The number of carbonyl (C=O) groups is 1. The van der Waals surface area contributed by atoms with Crippen LogP contribution in [0.1, 0.15) is 110 Å². The van der Waals surface area contributed by atoms with Gasteiger partial charge in [-0.3, -0.25) is 0 Å². The first kappa shape index (κ1) is 35.3. The van der Waals surface area contributed by atoms with Gasteiger partial charge in [-0.15, -0.1) is 11.8 Å². The van der Waals surface area contributed by atoms with Crippen LogP contribution in [0.2, 0.25) is 0 Å². The summed E-state index contributed by atoms with van der Waals surface area (Å²) in [4.78, 5) is 14.2. The first-order valence-electron chi connectivity index (χ1n) is 17.4. The molecule has 1 heterocycles. The van der Waals surface area contributed by atoms with E-state index in [1.54, 1.807) is 11.8 Å². The Morgan fingerprint density at radius 1 is 0.800 bits per heavy atom. The Kier molecular flexibility index (Phi) is 15.1. The standard InChI is InChI=1S/C39H55NO4S/c1-4-5-6-7-8-9-10-11-12-13-14-18-25-36-37(44-39(2,3)43-36)35(40-38(41)42-29-31-21-16-15-17-22-31)30-45-34-27-26-32-23-19-20-24-33(32)28-34/h15-17,19-24,26-28,35-37H,4-14,18,25,29-30H2,1-3H3,(H,40,41)/t35-,36+,37-/m0/s1. The number of ether oxygens (including phenoxy) is 3. The third-order valence-corrected chi connectivity index (χ3v) is 9.74. The lowest BCUT2D eigenvalue weighted by atomic mass is 10.00. The molecule has 246 valence electrons. The minimum atomic E-state index is -0.700. The Hall–Kier alpha value is -2.54. The number of amides is 1. The quantitative estimate of drug-likeness (QED) is 0.0991. The largest absolute Gasteiger partial charge is 0.445 e. The number of thioether (sulfide) groups is 1. The van der Waals surface area contributed by atoms with Crippen LogP contribution in [0.15, 0.2) is 77.7 Å². The summed E-state index contributed by atoms with van der Waals surface area (Å²) in [5.74, 6) is -0.0498. The number of benzene rings is 3. The van der Waals surface area contributed by atoms with Gasteiger partial charge in [0.1, 0.15) is 12.7 Å². The van der Waals surface area contributed by atoms with Crippen LogP contribution in [0.3, 0.4) is 0 Å². The number of fused-ring (bicyclic) bond motifs is 1. The maximum Gasteiger partial charge on any atom is 0.407 e. The normalized spacial score (nSPS) is 18.2. The van der Waals surface area contributed by atoms with E-state index in [9.17, 15) is 4.79 Å². The highest BCUT2D eigenvalue weighted by atomic mass is 32.2. The predicted molar refractivity (Wildman–Crippen MR) is 188 cm³/mol. The van der Waals surface area contributed by atoms with E-state index in [2.05, 4.69) is 54.7 Å². The van der Waals surface area contributed by atoms with Gasteiger partial charge in [-0.1, -0.05) is 145 Å². The zero-order valence-electron chi connectivity index (χ0n) is 27.8. The van der Waals surface area contributed by atoms with E-state index in [0.29, 0.717) is 5.75 Å². The Balaban J connectivity index is 1.30. The van der Waals surface area contributed by atoms with Crippen LogP contribution in [0.5, 0.6) is 0 Å². The third-order valence-electron chi connectivity index (χ3n) is 8.63. The maximum atomic E-state index is 13.1. The lowest BCUT2D eigenvalue weighted by Gasteiger charge is -2.27. The van der Waals surface area contributed by atoms with E-state index in [-0.39, 0.29) is 24.9 Å². The van der Waals surface area contributed by atoms with Gasteiger partial charge in [0.15, 0.2) is 5.79 Å². The van der Waals surface area contributed by atoms with Crippen LogP contribution >= 0.6 is 11.8 Å². The minimum Gasteiger partial charge on any atom is -0.445 e. The minimum absolute atomic E-state index is 0.0836. The van der Waals surface area contributed by atoms with Crippen LogP contribution in [0.25, 0.3) is 10.8 Å². The first-order chi connectivity index (χ1) is 21.9. The van der Waals surface area contributed by atoms with Crippen LogP contribution in [-0.4, -0.2) is 35.9 Å². The fraction of sp³-hybridized carbons (Fsp3) is 0.564. The van der Waals surface area contributed by atoms with Crippen molar-refractivity contribution in [3.63, 3.8) is 0 Å². The number of nitrogens with one attached hydrogen (secondary N) is 1. The van der Waals surface area contributed by atoms with E-state index >= 15 is 0 Å². The lowest BCUT2D eigenvalue weighted by Crippen LogP contribution is -2.49. The van der Waals surface area contributed by atoms with Crippen molar-refractivity contribution < 1.29 is 19.0 Å². The van der Waals surface area contributed by atoms with Crippen LogP contribution in [0, 0.1) is 0 Å². The second kappa shape index (κ2) is 19.2. The molecule has 5 nitrogen and oxygen atoms in total. The van der Waals surface area contributed by atoms with Crippen molar-refractivity contribution in [2.24, 2.45) is 0 Å². The van der Waals surface area contributed by atoms with Gasteiger partial charge in [-0.05, 0) is 48.7 Å². The summed E-state index contributed by atoms with van der Waals surface area (Å²) in [5, 5.41) is 5.59. The Labute approximate surface area is 276 Å². The molecule has 45 heavy (non-hydrogen) atoms. The van der Waals surface area contributed by atoms with Crippen molar-refractivity contribution in [2.75, 3.05) is 5.75 Å². The van der Waals surface area contributed by atoms with E-state index in [0.717, 1.165) is 23.3 Å². The molecule has 0 saturated carbocycles. The summed E-state index contributed by atoms with van der Waals surface area (Å²) in [7, 11) is 0. The fourth-order valence-electron chi connectivity index (χ4n) is 6.19. The SMILES string of the molecule is CCCCCCCCCCCCCC[C@H]1OC(C)(C)O[C@H]1[C@H](CSc1ccc2ccccc2c1)NC(=O)OCc1ccccc1. The smallest absolute Gasteiger partial charge is 0.407 e. The van der Waals surface area contributed by atoms with Crippen molar-refractivity contribution in [1.82, 2.24) is 5.32 Å². The molecular formula is C39H55NO4S. The highest BCUT2D eigenvalue weighted by Gasteiger charge is 2.45. The summed E-state index contributed by atoms with van der Waals surface area (Å²) in [6.45, 7) is 6.46. The first-order valence-corrected chi connectivity index (χ1v) is 18.4. The molecule has 4 rings (SSSR count). The lowest BCUT2D eigenvalue weighted by molar-refractivity contribution is -0.148. The molecule has 0 radical (unpaired) electrons. The molecule has 1 N–H and O–H groups in total. The van der Waals surface area contributed by atoms with E-state index in [1.165, 1.54) is 81.4 Å². The average Bonchev–Trinajstić information content (AvgIpc) is 3.36. The summed E-state index contributed by atoms with van der Waals surface area (Å²) in [5.41, 5.74) is 0.959. The molecule has 1 amide bonds. The molecular weight excluding hydrogens is 578 g/mol. The highest BCUT2D eigenvalue weighted by Crippen LogP contribution is 2.35. The van der Waals surface area contributed by atoms with E-state index in [4.69, 9.17) is 14.2 Å². The zero-order valence-corrected chi connectivity index (χ0v) is 28.6. The molecule has 1 fully saturated rings. The molecule has 3 atom stereocenters. The molecule has 0 aliphatic carbocycles. The Bertz CT molecular complexity index is 1270. The summed E-state index contributed by atoms with van der Waals surface area (Å²) < 4.78 is 18.6. The molecule has 0 spiro atoms. The van der Waals surface area contributed by atoms with E-state index in [1.807, 2.05) is 44.2 Å². The van der Waals surface area contributed by atoms with Gasteiger partial charge in [0.2, 0.25) is 0 Å². The van der Waals surface area contributed by atoms with Crippen molar-refractivity contribution >= 4 is 28.6 Å². The molecule has 3 aromatic rings. The van der Waals surface area contributed by atoms with Crippen molar-refractivity contribution in [1.29, 1.82) is 0 Å². The van der Waals surface area contributed by atoms with Gasteiger partial charge in [0, 0.05) is 10.6 Å². The summed E-state index contributed by atoms with van der Waals surface area (Å²) in [6.07, 6.45) is 16.0. The second-order valence-corrected chi connectivity index (χ2v) is 14.0. The third kappa shape index (κ3) is 12.6. The number of rotatable bonds is 20. The number of unbranched alkanes of at least 4 members (excludes halogenated alkanes) is 11. The van der Waals surface area contributed by atoms with Gasteiger partial charge < -0.3 is 19.5 Å². The molecule has 0 aromatic heterocycles. The molecule has 1 aliphatic heterocycles. The van der Waals surface area contributed by atoms with Crippen molar-refractivity contribution in [2.45, 2.75) is 140 Å². The molecule has 6 heteroatoms. The molecule has 3 aromatic carbocycles. The fourth-order valence-corrected chi connectivity index (χ4v) is 7.21. The maximum absolute atomic E-state index is 13.1. The Morgan fingerprint density at radius 2 is 1.42 bits per heavy atom. The molecule has 0 unspecified atom stereocenters. The van der Waals surface area contributed by atoms with Gasteiger partial charge in [-0.25, -0.2) is 4.79 Å². The number of hydrogen-bond acceptors (Lipinski definition) is 5. The monoisotopic (exact) mass is 633 g/mol. The second-order valence-electron chi connectivity index (χ2n) is 12.9. The number of hydrogen-bond donors (Lipinski definition) is 1. The van der Waals surface area contributed by atoms with Crippen LogP contribution in [-0.2, 0) is 20.8 Å². The van der Waals surface area contributed by atoms with Crippen LogP contribution < -0.4 is 5.32 Å². The van der Waals surface area contributed by atoms with E-state index < -0.39 is 11.9 Å². The number of carbonyl (C=O) groups excluding carboxylic acids is 1.